The van der Waals surface area contributed by atoms with Crippen molar-refractivity contribution in [2.45, 2.75) is 31.6 Å². The summed E-state index contributed by atoms with van der Waals surface area (Å²) in [7, 11) is -2.19. The van der Waals surface area contributed by atoms with E-state index in [1.165, 1.54) is 0 Å². The predicted octanol–water partition coefficient (Wildman–Crippen LogP) is 2.64. The van der Waals surface area contributed by atoms with Gasteiger partial charge in [-0.05, 0) is 17.9 Å². The normalized spacial score (nSPS) is 13.9. The van der Waals surface area contributed by atoms with E-state index in [1.54, 1.807) is 6.92 Å². The third-order valence-corrected chi connectivity index (χ3v) is 4.08. The highest BCUT2D eigenvalue weighted by Crippen LogP contribution is 2.39. The molecule has 5 nitrogen and oxygen atoms in total. The van der Waals surface area contributed by atoms with Crippen LogP contribution in [0.15, 0.2) is 0 Å². The van der Waals surface area contributed by atoms with Crippen molar-refractivity contribution in [3.05, 3.63) is 0 Å². The van der Waals surface area contributed by atoms with Crippen LogP contribution in [0.4, 0.5) is 0 Å². The smallest absolute Gasteiger partial charge is 0.481 e. The second-order valence-corrected chi connectivity index (χ2v) is 5.27. The maximum absolute atomic E-state index is 11.2. The summed E-state index contributed by atoms with van der Waals surface area (Å²) in [5, 5.41) is 7.78. The van der Waals surface area contributed by atoms with E-state index in [0.29, 0.717) is 19.4 Å². The van der Waals surface area contributed by atoms with Crippen LogP contribution in [0.1, 0.15) is 26.2 Å². The summed E-state index contributed by atoms with van der Waals surface area (Å²) >= 11 is 0. The van der Waals surface area contributed by atoms with Crippen LogP contribution in [0.25, 0.3) is 0 Å². The number of aliphatic carboxylic acids is 1. The van der Waals surface area contributed by atoms with Gasteiger partial charge in [0.05, 0.1) is 6.61 Å². The van der Waals surface area contributed by atoms with Crippen LogP contribution in [0, 0.1) is 0 Å². The average molecular weight is 239 g/mol. The average Bonchev–Trinajstić information content (AvgIpc) is 2.12. The number of carboxylic acids is 1. The zero-order valence-electron chi connectivity index (χ0n) is 7.88. The molecule has 0 saturated heterocycles. The molecule has 1 N–H and O–H groups in total. The lowest BCUT2D eigenvalue weighted by atomic mass is 10.2. The van der Waals surface area contributed by atoms with Gasteiger partial charge in [-0.25, -0.2) is 0 Å². The van der Waals surface area contributed by atoms with E-state index >= 15 is 0 Å². The Bertz CT molecular complexity index is 218. The highest BCUT2D eigenvalue weighted by atomic mass is 31.2. The number of carboxylic acid groups (broad SMARTS) is 1. The molecule has 0 aliphatic rings. The van der Waals surface area contributed by atoms with E-state index in [4.69, 9.17) is 9.63 Å². The molecule has 0 radical (unpaired) electrons. The Morgan fingerprint density at radius 1 is 1.64 bits per heavy atom. The van der Waals surface area contributed by atoms with Gasteiger partial charge in [-0.1, -0.05) is 0 Å². The van der Waals surface area contributed by atoms with Crippen molar-refractivity contribution in [2.75, 3.05) is 6.61 Å². The molecule has 0 aliphatic heterocycles. The molecule has 0 rings (SSSR count). The number of hydrogen-bond acceptors (Lipinski definition) is 4. The Kier molecular flexibility index (Phi) is 7.77. The van der Waals surface area contributed by atoms with E-state index in [9.17, 15) is 13.9 Å². The Morgan fingerprint density at radius 3 is 2.71 bits per heavy atom. The van der Waals surface area contributed by atoms with Crippen molar-refractivity contribution < 1.29 is 23.6 Å². The predicted molar refractivity (Wildman–Crippen MR) is 52.1 cm³/mol. The van der Waals surface area contributed by atoms with Gasteiger partial charge in [-0.3, -0.25) is 9.36 Å². The van der Waals surface area contributed by atoms with Gasteiger partial charge in [0.1, 0.15) is 0 Å². The zero-order valence-corrected chi connectivity index (χ0v) is 9.67. The van der Waals surface area contributed by atoms with E-state index < -0.39 is 19.4 Å². The number of carbonyl (C=O) groups is 1. The van der Waals surface area contributed by atoms with Crippen molar-refractivity contribution in [2.24, 2.45) is 0 Å². The minimum atomic E-state index is -1.94. The molecule has 0 aromatic carbocycles. The first-order valence-corrected chi connectivity index (χ1v) is 6.38. The maximum atomic E-state index is 11.2. The molecule has 0 spiro atoms. The van der Waals surface area contributed by atoms with Crippen LogP contribution in [0.5, 0.6) is 0 Å². The summed E-state index contributed by atoms with van der Waals surface area (Å²) in [5.74, 6) is -0.905. The van der Waals surface area contributed by atoms with Gasteiger partial charge in [-0.2, -0.15) is 0 Å². The van der Waals surface area contributed by atoms with Gasteiger partial charge in [0.15, 0.2) is 0 Å². The van der Waals surface area contributed by atoms with Crippen LogP contribution in [-0.2, 0) is 18.4 Å². The van der Waals surface area contributed by atoms with E-state index in [1.807, 2.05) is 0 Å². The van der Waals surface area contributed by atoms with Crippen LogP contribution in [-0.4, -0.2) is 23.1 Å². The Morgan fingerprint density at radius 2 is 2.29 bits per heavy atom. The molecule has 14 heavy (non-hydrogen) atoms. The van der Waals surface area contributed by atoms with Gasteiger partial charge in [-0.15, -0.1) is 4.52 Å². The van der Waals surface area contributed by atoms with E-state index in [2.05, 4.69) is 0 Å². The minimum absolute atomic E-state index is 0.00131. The van der Waals surface area contributed by atoms with Gasteiger partial charge < -0.3 is 5.11 Å². The summed E-state index contributed by atoms with van der Waals surface area (Å²) in [6.07, 6.45) is 0.706. The minimum Gasteiger partial charge on any atom is -0.481 e. The molecule has 80 valence electrons. The van der Waals surface area contributed by atoms with Gasteiger partial charge in [0, 0.05) is 12.8 Å². The Balaban J connectivity index is 3.84. The second kappa shape index (κ2) is 7.98. The molecular weight excluding hydrogens is 226 g/mol. The number of rotatable bonds is 8. The van der Waals surface area contributed by atoms with Crippen molar-refractivity contribution in [3.63, 3.8) is 0 Å². The highest BCUT2D eigenvalue weighted by Gasteiger charge is 2.32. The summed E-state index contributed by atoms with van der Waals surface area (Å²) in [5.41, 5.74) is 0. The van der Waals surface area contributed by atoms with Gasteiger partial charge in [0.25, 0.3) is 5.40 Å². The molecule has 0 amide bonds. The standard InChI is InChI=1S/C7H12O5P2/c1-2-12-14(11)7(13-10)5-3-4-6(8)9/h7H,2-5H2,1H3/p+1. The fourth-order valence-electron chi connectivity index (χ4n) is 0.846. The van der Waals surface area contributed by atoms with E-state index in [0.717, 1.165) is 0 Å². The monoisotopic (exact) mass is 239 g/mol. The molecule has 0 aliphatic carbocycles. The SMILES string of the molecule is CCO[P+](=O)C(CCCC(=O)O)P=O. The molecule has 0 saturated carbocycles. The summed E-state index contributed by atoms with van der Waals surface area (Å²) in [6, 6.07) is 0. The van der Waals surface area contributed by atoms with Crippen LogP contribution >= 0.6 is 16.5 Å². The molecule has 2 atom stereocenters. The Hall–Kier alpha value is -0.370. The highest BCUT2D eigenvalue weighted by molar-refractivity contribution is 7.53. The Labute approximate surface area is 84.9 Å². The van der Waals surface area contributed by atoms with Crippen LogP contribution in [0.2, 0.25) is 0 Å². The lowest BCUT2D eigenvalue weighted by molar-refractivity contribution is -0.137. The van der Waals surface area contributed by atoms with Crippen molar-refractivity contribution in [1.82, 2.24) is 0 Å². The fraction of sp³-hybridized carbons (Fsp3) is 0.857. The largest absolute Gasteiger partial charge is 0.523 e. The first-order chi connectivity index (χ1) is 6.61. The fourth-order valence-corrected chi connectivity index (χ4v) is 2.46. The van der Waals surface area contributed by atoms with E-state index in [-0.39, 0.29) is 14.9 Å². The van der Waals surface area contributed by atoms with Crippen molar-refractivity contribution in [1.29, 1.82) is 0 Å². The van der Waals surface area contributed by atoms with Gasteiger partial charge in [0.2, 0.25) is 8.46 Å². The molecule has 0 fully saturated rings. The van der Waals surface area contributed by atoms with Crippen LogP contribution in [0.3, 0.4) is 0 Å². The molecule has 0 aromatic rings. The van der Waals surface area contributed by atoms with Gasteiger partial charge >= 0.3 is 14.0 Å². The molecular formula is C7H13O5P2+. The van der Waals surface area contributed by atoms with Crippen LogP contribution < -0.4 is 0 Å². The lowest BCUT2D eigenvalue weighted by Crippen LogP contribution is -1.99. The summed E-state index contributed by atoms with van der Waals surface area (Å²) in [4.78, 5) is 10.2. The quantitative estimate of drug-likeness (QED) is 0.658. The maximum Gasteiger partial charge on any atom is 0.523 e. The first-order valence-electron chi connectivity index (χ1n) is 4.25. The zero-order chi connectivity index (χ0) is 11.0. The van der Waals surface area contributed by atoms with Crippen molar-refractivity contribution in [3.8, 4) is 0 Å². The molecule has 0 heterocycles. The summed E-state index contributed by atoms with van der Waals surface area (Å²) < 4.78 is 26.6. The third kappa shape index (κ3) is 6.14. The molecule has 7 heteroatoms. The second-order valence-electron chi connectivity index (χ2n) is 2.58. The topological polar surface area (TPSA) is 80.7 Å². The molecule has 2 unspecified atom stereocenters. The molecule has 0 bridgehead atoms. The first kappa shape index (κ1) is 13.6. The molecule has 0 aromatic heterocycles. The summed E-state index contributed by atoms with van der Waals surface area (Å²) in [6.45, 7) is 2.00. The third-order valence-electron chi connectivity index (χ3n) is 1.47. The lowest BCUT2D eigenvalue weighted by Gasteiger charge is -1.95. The number of hydrogen-bond donors (Lipinski definition) is 1. The van der Waals surface area contributed by atoms with Crippen molar-refractivity contribution >= 4 is 22.5 Å².